The molecule has 0 heterocycles. The highest BCUT2D eigenvalue weighted by molar-refractivity contribution is 6.04. The molecule has 0 saturated heterocycles. The Hall–Kier alpha value is -2.36. The van der Waals surface area contributed by atoms with Crippen LogP contribution in [-0.4, -0.2) is 12.5 Å². The lowest BCUT2D eigenvalue weighted by atomic mass is 10.2. The standard InChI is InChI=1S/C15H14FNO2/c1-2-19-14-10-12(16)8-9-13(14)17-15(18)11-6-4-3-5-7-11/h3-10H,2H2,1H3,(H,17,18). The first-order chi connectivity index (χ1) is 9.20. The van der Waals surface area contributed by atoms with Crippen LogP contribution in [0.5, 0.6) is 5.75 Å². The Morgan fingerprint density at radius 1 is 1.21 bits per heavy atom. The van der Waals surface area contributed by atoms with E-state index in [1.165, 1.54) is 18.2 Å². The quantitative estimate of drug-likeness (QED) is 0.912. The molecule has 3 nitrogen and oxygen atoms in total. The summed E-state index contributed by atoms with van der Waals surface area (Å²) in [6, 6.07) is 12.8. The lowest BCUT2D eigenvalue weighted by Crippen LogP contribution is -2.12. The summed E-state index contributed by atoms with van der Waals surface area (Å²) < 4.78 is 18.4. The molecule has 1 amide bonds. The molecule has 98 valence electrons. The van der Waals surface area contributed by atoms with Gasteiger partial charge in [0.2, 0.25) is 0 Å². The number of rotatable bonds is 4. The van der Waals surface area contributed by atoms with Crippen LogP contribution in [0.3, 0.4) is 0 Å². The summed E-state index contributed by atoms with van der Waals surface area (Å²) in [6.07, 6.45) is 0. The predicted octanol–water partition coefficient (Wildman–Crippen LogP) is 3.48. The number of ether oxygens (including phenoxy) is 1. The van der Waals surface area contributed by atoms with Crippen LogP contribution in [0, 0.1) is 5.82 Å². The van der Waals surface area contributed by atoms with Crippen LogP contribution in [-0.2, 0) is 0 Å². The molecule has 0 atom stereocenters. The van der Waals surface area contributed by atoms with Gasteiger partial charge in [-0.05, 0) is 31.2 Å². The average Bonchev–Trinajstić information content (AvgIpc) is 2.43. The van der Waals surface area contributed by atoms with Crippen molar-refractivity contribution >= 4 is 11.6 Å². The molecule has 2 aromatic rings. The van der Waals surface area contributed by atoms with Gasteiger partial charge in [-0.2, -0.15) is 0 Å². The van der Waals surface area contributed by atoms with Crippen LogP contribution in [0.15, 0.2) is 48.5 Å². The fraction of sp³-hybridized carbons (Fsp3) is 0.133. The van der Waals surface area contributed by atoms with E-state index in [4.69, 9.17) is 4.74 Å². The van der Waals surface area contributed by atoms with Crippen LogP contribution in [0.1, 0.15) is 17.3 Å². The fourth-order valence-corrected chi connectivity index (χ4v) is 1.66. The Kier molecular flexibility index (Phi) is 4.13. The Morgan fingerprint density at radius 3 is 2.63 bits per heavy atom. The van der Waals surface area contributed by atoms with Crippen molar-refractivity contribution in [1.82, 2.24) is 0 Å². The van der Waals surface area contributed by atoms with Gasteiger partial charge in [-0.3, -0.25) is 4.79 Å². The first kappa shape index (κ1) is 13.1. The van der Waals surface area contributed by atoms with E-state index in [1.807, 2.05) is 6.07 Å². The number of halogens is 1. The predicted molar refractivity (Wildman–Crippen MR) is 72.0 cm³/mol. The van der Waals surface area contributed by atoms with E-state index in [0.717, 1.165) is 0 Å². The summed E-state index contributed by atoms with van der Waals surface area (Å²) in [5.74, 6) is -0.332. The number of carbonyl (C=O) groups is 1. The summed E-state index contributed by atoms with van der Waals surface area (Å²) in [5.41, 5.74) is 0.992. The molecule has 19 heavy (non-hydrogen) atoms. The highest BCUT2D eigenvalue weighted by atomic mass is 19.1. The Morgan fingerprint density at radius 2 is 1.95 bits per heavy atom. The summed E-state index contributed by atoms with van der Waals surface area (Å²) in [7, 11) is 0. The van der Waals surface area contributed by atoms with Crippen molar-refractivity contribution < 1.29 is 13.9 Å². The summed E-state index contributed by atoms with van der Waals surface area (Å²) in [4.78, 5) is 12.0. The van der Waals surface area contributed by atoms with Crippen molar-refractivity contribution in [1.29, 1.82) is 0 Å². The van der Waals surface area contributed by atoms with Gasteiger partial charge in [0.25, 0.3) is 5.91 Å². The maximum absolute atomic E-state index is 13.1. The molecule has 2 aromatic carbocycles. The minimum Gasteiger partial charge on any atom is -0.492 e. The highest BCUT2D eigenvalue weighted by Gasteiger charge is 2.10. The average molecular weight is 259 g/mol. The smallest absolute Gasteiger partial charge is 0.255 e. The van der Waals surface area contributed by atoms with Crippen molar-refractivity contribution in [3.05, 3.63) is 59.9 Å². The monoisotopic (exact) mass is 259 g/mol. The van der Waals surface area contributed by atoms with E-state index >= 15 is 0 Å². The number of amides is 1. The highest BCUT2D eigenvalue weighted by Crippen LogP contribution is 2.25. The van der Waals surface area contributed by atoms with Gasteiger partial charge in [0.1, 0.15) is 11.6 Å². The second-order valence-electron chi connectivity index (χ2n) is 3.89. The van der Waals surface area contributed by atoms with Gasteiger partial charge in [-0.15, -0.1) is 0 Å². The third-order valence-electron chi connectivity index (χ3n) is 2.53. The summed E-state index contributed by atoms with van der Waals surface area (Å²) in [5, 5.41) is 2.71. The fourth-order valence-electron chi connectivity index (χ4n) is 1.66. The SMILES string of the molecule is CCOc1cc(F)ccc1NC(=O)c1ccccc1. The zero-order valence-electron chi connectivity index (χ0n) is 10.5. The third kappa shape index (κ3) is 3.31. The largest absolute Gasteiger partial charge is 0.492 e. The van der Waals surface area contributed by atoms with Gasteiger partial charge >= 0.3 is 0 Å². The lowest BCUT2D eigenvalue weighted by molar-refractivity contribution is 0.102. The normalized spacial score (nSPS) is 10.0. The van der Waals surface area contributed by atoms with Crippen LogP contribution < -0.4 is 10.1 Å². The molecule has 0 aliphatic rings. The van der Waals surface area contributed by atoms with Gasteiger partial charge in [0.05, 0.1) is 12.3 Å². The van der Waals surface area contributed by atoms with Crippen molar-refractivity contribution in [2.24, 2.45) is 0 Å². The maximum atomic E-state index is 13.1. The van der Waals surface area contributed by atoms with Gasteiger partial charge < -0.3 is 10.1 Å². The first-order valence-electron chi connectivity index (χ1n) is 5.99. The summed E-state index contributed by atoms with van der Waals surface area (Å²) >= 11 is 0. The molecular weight excluding hydrogens is 245 g/mol. The van der Waals surface area contributed by atoms with E-state index in [2.05, 4.69) is 5.32 Å². The van der Waals surface area contributed by atoms with Crippen LogP contribution in [0.2, 0.25) is 0 Å². The molecule has 1 N–H and O–H groups in total. The van der Waals surface area contributed by atoms with Crippen LogP contribution in [0.25, 0.3) is 0 Å². The molecule has 0 aliphatic heterocycles. The number of nitrogens with one attached hydrogen (secondary N) is 1. The number of carbonyl (C=O) groups excluding carboxylic acids is 1. The van der Waals surface area contributed by atoms with Crippen molar-refractivity contribution in [2.75, 3.05) is 11.9 Å². The van der Waals surface area contributed by atoms with E-state index in [-0.39, 0.29) is 5.91 Å². The molecule has 0 saturated carbocycles. The number of benzene rings is 2. The second kappa shape index (κ2) is 6.00. The van der Waals surface area contributed by atoms with Crippen LogP contribution >= 0.6 is 0 Å². The Labute approximate surface area is 111 Å². The minimum atomic E-state index is -0.402. The van der Waals surface area contributed by atoms with E-state index < -0.39 is 5.82 Å². The Balaban J connectivity index is 2.21. The second-order valence-corrected chi connectivity index (χ2v) is 3.89. The number of anilines is 1. The van der Waals surface area contributed by atoms with Gasteiger partial charge in [-0.25, -0.2) is 4.39 Å². The molecule has 0 aliphatic carbocycles. The van der Waals surface area contributed by atoms with Crippen molar-refractivity contribution in [3.63, 3.8) is 0 Å². The van der Waals surface area contributed by atoms with Gasteiger partial charge in [0, 0.05) is 11.6 Å². The molecule has 0 unspecified atom stereocenters. The molecule has 0 radical (unpaired) electrons. The van der Waals surface area contributed by atoms with Crippen molar-refractivity contribution in [2.45, 2.75) is 6.92 Å². The molecule has 4 heteroatoms. The molecule has 0 fully saturated rings. The van der Waals surface area contributed by atoms with E-state index in [0.29, 0.717) is 23.6 Å². The molecular formula is C15H14FNO2. The van der Waals surface area contributed by atoms with Crippen molar-refractivity contribution in [3.8, 4) is 5.75 Å². The van der Waals surface area contributed by atoms with Gasteiger partial charge in [0.15, 0.2) is 0 Å². The third-order valence-corrected chi connectivity index (χ3v) is 2.53. The molecule has 0 aromatic heterocycles. The van der Waals surface area contributed by atoms with E-state index in [1.54, 1.807) is 31.2 Å². The summed E-state index contributed by atoms with van der Waals surface area (Å²) in [6.45, 7) is 2.20. The zero-order valence-corrected chi connectivity index (χ0v) is 10.5. The number of hydrogen-bond acceptors (Lipinski definition) is 2. The maximum Gasteiger partial charge on any atom is 0.255 e. The molecule has 0 bridgehead atoms. The van der Waals surface area contributed by atoms with Crippen LogP contribution in [0.4, 0.5) is 10.1 Å². The first-order valence-corrected chi connectivity index (χ1v) is 5.99. The van der Waals surface area contributed by atoms with Gasteiger partial charge in [-0.1, -0.05) is 18.2 Å². The lowest BCUT2D eigenvalue weighted by Gasteiger charge is -2.11. The molecule has 2 rings (SSSR count). The van der Waals surface area contributed by atoms with E-state index in [9.17, 15) is 9.18 Å². The zero-order chi connectivity index (χ0) is 13.7. The minimum absolute atomic E-state index is 0.256. The Bertz CT molecular complexity index is 570. The molecule has 0 spiro atoms. The topological polar surface area (TPSA) is 38.3 Å². The number of hydrogen-bond donors (Lipinski definition) is 1.